The van der Waals surface area contributed by atoms with E-state index in [1.165, 1.54) is 0 Å². The Morgan fingerprint density at radius 2 is 1.70 bits per heavy atom. The van der Waals surface area contributed by atoms with Crippen LogP contribution in [-0.4, -0.2) is 25.1 Å². The van der Waals surface area contributed by atoms with Gasteiger partial charge in [0.15, 0.2) is 6.10 Å². The maximum absolute atomic E-state index is 12.6. The Kier molecular flexibility index (Phi) is 6.61. The lowest BCUT2D eigenvalue weighted by Gasteiger charge is -2.19. The van der Waals surface area contributed by atoms with Crippen molar-refractivity contribution >= 4 is 17.6 Å². The molecule has 5 heteroatoms. The predicted molar refractivity (Wildman–Crippen MR) is 107 cm³/mol. The molecule has 1 atom stereocenters. The lowest BCUT2D eigenvalue weighted by atomic mass is 9.98. The fraction of sp³-hybridized carbons (Fsp3) is 0.364. The van der Waals surface area contributed by atoms with Gasteiger partial charge in [0, 0.05) is 5.69 Å². The van der Waals surface area contributed by atoms with Gasteiger partial charge in [-0.05, 0) is 55.5 Å². The highest BCUT2D eigenvalue weighted by molar-refractivity contribution is 5.98. The van der Waals surface area contributed by atoms with E-state index in [0.29, 0.717) is 11.3 Å². The number of para-hydroxylation sites is 1. The SMILES string of the molecule is COc1cc(C(=O)O[C@H](C)C(=O)Nc2c(C)cccc2C(C)C)ccc1C. The Balaban J connectivity index is 2.11. The fourth-order valence-electron chi connectivity index (χ4n) is 2.80. The third kappa shape index (κ3) is 4.88. The average Bonchev–Trinajstić information content (AvgIpc) is 2.63. The minimum Gasteiger partial charge on any atom is -0.496 e. The molecule has 0 aliphatic heterocycles. The minimum atomic E-state index is -0.926. The van der Waals surface area contributed by atoms with Gasteiger partial charge in [-0.25, -0.2) is 4.79 Å². The van der Waals surface area contributed by atoms with E-state index in [0.717, 1.165) is 22.4 Å². The first-order valence-corrected chi connectivity index (χ1v) is 9.00. The Hall–Kier alpha value is -2.82. The maximum atomic E-state index is 12.6. The Labute approximate surface area is 160 Å². The Morgan fingerprint density at radius 3 is 2.33 bits per heavy atom. The standard InChI is InChI=1S/C22H27NO4/c1-13(2)18-9-7-8-15(4)20(18)23-21(24)16(5)27-22(25)17-11-10-14(3)19(12-17)26-6/h7-13,16H,1-6H3,(H,23,24)/t16-/m1/s1. The lowest BCUT2D eigenvalue weighted by Crippen LogP contribution is -2.30. The zero-order valence-corrected chi connectivity index (χ0v) is 16.8. The highest BCUT2D eigenvalue weighted by Gasteiger charge is 2.21. The summed E-state index contributed by atoms with van der Waals surface area (Å²) in [6.45, 7) is 9.53. The molecule has 0 radical (unpaired) electrons. The molecule has 0 spiro atoms. The predicted octanol–water partition coefficient (Wildman–Crippen LogP) is 4.62. The van der Waals surface area contributed by atoms with Crippen LogP contribution in [0.2, 0.25) is 0 Å². The first-order valence-electron chi connectivity index (χ1n) is 9.00. The zero-order valence-electron chi connectivity index (χ0n) is 16.8. The van der Waals surface area contributed by atoms with Gasteiger partial charge in [0.2, 0.25) is 0 Å². The summed E-state index contributed by atoms with van der Waals surface area (Å²) in [5.74, 6) is -0.0652. The van der Waals surface area contributed by atoms with Crippen molar-refractivity contribution in [3.05, 3.63) is 58.7 Å². The number of anilines is 1. The van der Waals surface area contributed by atoms with Crippen LogP contribution >= 0.6 is 0 Å². The number of esters is 1. The van der Waals surface area contributed by atoms with Gasteiger partial charge in [-0.3, -0.25) is 4.79 Å². The van der Waals surface area contributed by atoms with Crippen LogP contribution in [0.25, 0.3) is 0 Å². The van der Waals surface area contributed by atoms with Gasteiger partial charge < -0.3 is 14.8 Å². The molecule has 0 aliphatic carbocycles. The number of hydrogen-bond donors (Lipinski definition) is 1. The van der Waals surface area contributed by atoms with E-state index in [-0.39, 0.29) is 11.8 Å². The lowest BCUT2D eigenvalue weighted by molar-refractivity contribution is -0.123. The van der Waals surface area contributed by atoms with Crippen molar-refractivity contribution in [2.75, 3.05) is 12.4 Å². The van der Waals surface area contributed by atoms with Gasteiger partial charge in [-0.15, -0.1) is 0 Å². The van der Waals surface area contributed by atoms with Gasteiger partial charge in [0.05, 0.1) is 12.7 Å². The molecule has 0 heterocycles. The number of methoxy groups -OCH3 is 1. The maximum Gasteiger partial charge on any atom is 0.339 e. The van der Waals surface area contributed by atoms with Gasteiger partial charge in [0.25, 0.3) is 5.91 Å². The van der Waals surface area contributed by atoms with Crippen LogP contribution in [0.3, 0.4) is 0 Å². The quantitative estimate of drug-likeness (QED) is 0.755. The van der Waals surface area contributed by atoms with Crippen molar-refractivity contribution in [2.24, 2.45) is 0 Å². The highest BCUT2D eigenvalue weighted by Crippen LogP contribution is 2.27. The monoisotopic (exact) mass is 369 g/mol. The second-order valence-electron chi connectivity index (χ2n) is 6.92. The number of aryl methyl sites for hydroxylation is 2. The molecule has 0 aromatic heterocycles. The first kappa shape index (κ1) is 20.5. The summed E-state index contributed by atoms with van der Waals surface area (Å²) in [4.78, 5) is 24.9. The molecule has 0 saturated heterocycles. The van der Waals surface area contributed by atoms with Gasteiger partial charge in [-0.2, -0.15) is 0 Å². The summed E-state index contributed by atoms with van der Waals surface area (Å²) in [7, 11) is 1.54. The minimum absolute atomic E-state index is 0.262. The highest BCUT2D eigenvalue weighted by atomic mass is 16.5. The number of benzene rings is 2. The number of nitrogens with one attached hydrogen (secondary N) is 1. The molecule has 0 unspecified atom stereocenters. The number of carbonyl (C=O) groups excluding carboxylic acids is 2. The summed E-state index contributed by atoms with van der Waals surface area (Å²) >= 11 is 0. The van der Waals surface area contributed by atoms with Crippen molar-refractivity contribution in [2.45, 2.75) is 46.6 Å². The van der Waals surface area contributed by atoms with Gasteiger partial charge in [-0.1, -0.05) is 38.1 Å². The average molecular weight is 369 g/mol. The van der Waals surface area contributed by atoms with E-state index in [1.807, 2.05) is 32.0 Å². The third-order valence-corrected chi connectivity index (χ3v) is 4.47. The van der Waals surface area contributed by atoms with Crippen molar-refractivity contribution in [1.82, 2.24) is 0 Å². The van der Waals surface area contributed by atoms with E-state index >= 15 is 0 Å². The van der Waals surface area contributed by atoms with Crippen LogP contribution in [0, 0.1) is 13.8 Å². The summed E-state index contributed by atoms with van der Waals surface area (Å²) < 4.78 is 10.6. The Bertz CT molecular complexity index is 842. The first-order chi connectivity index (χ1) is 12.7. The molecule has 1 amide bonds. The molecular weight excluding hydrogens is 342 g/mol. The van der Waals surface area contributed by atoms with E-state index < -0.39 is 12.1 Å². The van der Waals surface area contributed by atoms with Crippen LogP contribution in [0.5, 0.6) is 5.75 Å². The smallest absolute Gasteiger partial charge is 0.339 e. The summed E-state index contributed by atoms with van der Waals surface area (Å²) in [6, 6.07) is 10.9. The van der Waals surface area contributed by atoms with Crippen LogP contribution in [0.1, 0.15) is 53.7 Å². The molecule has 1 N–H and O–H groups in total. The number of ether oxygens (including phenoxy) is 2. The van der Waals surface area contributed by atoms with E-state index in [1.54, 1.807) is 32.2 Å². The molecule has 0 bridgehead atoms. The van der Waals surface area contributed by atoms with Gasteiger partial charge in [0.1, 0.15) is 5.75 Å². The van der Waals surface area contributed by atoms with Crippen molar-refractivity contribution in [3.63, 3.8) is 0 Å². The third-order valence-electron chi connectivity index (χ3n) is 4.47. The molecule has 144 valence electrons. The topological polar surface area (TPSA) is 64.6 Å². The van der Waals surface area contributed by atoms with Crippen LogP contribution in [-0.2, 0) is 9.53 Å². The number of hydrogen-bond acceptors (Lipinski definition) is 4. The summed E-state index contributed by atoms with van der Waals surface area (Å²) in [5, 5.41) is 2.91. The molecule has 0 saturated carbocycles. The second-order valence-corrected chi connectivity index (χ2v) is 6.92. The molecule has 2 aromatic rings. The Morgan fingerprint density at radius 1 is 1.00 bits per heavy atom. The molecule has 0 aliphatic rings. The van der Waals surface area contributed by atoms with Crippen LogP contribution in [0.4, 0.5) is 5.69 Å². The number of rotatable bonds is 6. The largest absolute Gasteiger partial charge is 0.496 e. The zero-order chi connectivity index (χ0) is 20.1. The molecule has 5 nitrogen and oxygen atoms in total. The fourth-order valence-corrected chi connectivity index (χ4v) is 2.80. The molecule has 0 fully saturated rings. The summed E-state index contributed by atoms with van der Waals surface area (Å²) in [6.07, 6.45) is -0.926. The normalized spacial score (nSPS) is 11.8. The summed E-state index contributed by atoms with van der Waals surface area (Å²) in [5.41, 5.74) is 4.05. The van der Waals surface area contributed by atoms with E-state index in [4.69, 9.17) is 9.47 Å². The van der Waals surface area contributed by atoms with Crippen LogP contribution < -0.4 is 10.1 Å². The van der Waals surface area contributed by atoms with E-state index in [9.17, 15) is 9.59 Å². The van der Waals surface area contributed by atoms with Crippen molar-refractivity contribution in [1.29, 1.82) is 0 Å². The van der Waals surface area contributed by atoms with Crippen molar-refractivity contribution in [3.8, 4) is 5.75 Å². The number of carbonyl (C=O) groups is 2. The van der Waals surface area contributed by atoms with Crippen LogP contribution in [0.15, 0.2) is 36.4 Å². The molecular formula is C22H27NO4. The van der Waals surface area contributed by atoms with E-state index in [2.05, 4.69) is 19.2 Å². The molecule has 27 heavy (non-hydrogen) atoms. The van der Waals surface area contributed by atoms with Gasteiger partial charge >= 0.3 is 5.97 Å². The van der Waals surface area contributed by atoms with Crippen molar-refractivity contribution < 1.29 is 19.1 Å². The molecule has 2 rings (SSSR count). The second kappa shape index (κ2) is 8.71. The molecule has 2 aromatic carbocycles. The number of amides is 1.